The summed E-state index contributed by atoms with van der Waals surface area (Å²) in [5.74, 6) is 0.300. The van der Waals surface area contributed by atoms with Gasteiger partial charge in [-0.25, -0.2) is 14.4 Å². The van der Waals surface area contributed by atoms with E-state index in [9.17, 15) is 9.50 Å². The summed E-state index contributed by atoms with van der Waals surface area (Å²) in [5.41, 5.74) is -0.151. The van der Waals surface area contributed by atoms with Crippen LogP contribution in [0.15, 0.2) is 6.33 Å². The smallest absolute Gasteiger partial charge is 0.186 e. The van der Waals surface area contributed by atoms with Gasteiger partial charge in [-0.15, -0.1) is 0 Å². The number of fused-ring (bicyclic) bond motifs is 1. The van der Waals surface area contributed by atoms with Crippen LogP contribution in [0, 0.1) is 18.7 Å². The van der Waals surface area contributed by atoms with Gasteiger partial charge in [-0.3, -0.25) is 0 Å². The number of aryl methyl sites for hydroxylation is 1. The normalized spacial score (nSPS) is 31.1. The van der Waals surface area contributed by atoms with Gasteiger partial charge in [0.2, 0.25) is 0 Å². The number of anilines is 1. The summed E-state index contributed by atoms with van der Waals surface area (Å²) in [7, 11) is 0. The zero-order valence-corrected chi connectivity index (χ0v) is 11.3. The molecule has 1 aromatic heterocycles. The molecule has 0 amide bonds. The van der Waals surface area contributed by atoms with Gasteiger partial charge in [-0.1, -0.05) is 12.8 Å². The van der Waals surface area contributed by atoms with Crippen molar-refractivity contribution in [1.29, 1.82) is 0 Å². The molecule has 4 nitrogen and oxygen atoms in total. The first-order valence-corrected chi connectivity index (χ1v) is 7.04. The summed E-state index contributed by atoms with van der Waals surface area (Å²) in [6.07, 6.45) is 6.30. The molecule has 19 heavy (non-hydrogen) atoms. The Morgan fingerprint density at radius 1 is 1.37 bits per heavy atom. The van der Waals surface area contributed by atoms with Gasteiger partial charge in [-0.2, -0.15) is 0 Å². The van der Waals surface area contributed by atoms with Crippen LogP contribution < -0.4 is 4.90 Å². The van der Waals surface area contributed by atoms with E-state index < -0.39 is 5.60 Å². The third-order valence-corrected chi connectivity index (χ3v) is 4.67. The molecule has 1 saturated carbocycles. The average molecular weight is 265 g/mol. The third-order valence-electron chi connectivity index (χ3n) is 4.67. The van der Waals surface area contributed by atoms with Gasteiger partial charge >= 0.3 is 0 Å². The monoisotopic (exact) mass is 265 g/mol. The molecule has 2 atom stereocenters. The van der Waals surface area contributed by atoms with Crippen molar-refractivity contribution in [2.75, 3.05) is 18.0 Å². The Hall–Kier alpha value is -1.23. The Balaban J connectivity index is 1.83. The standard InChI is InChI=1S/C14H20FN3O/c1-10-12(15)13(17-9-16-10)18-7-6-14(19)5-3-2-4-11(14)8-18/h9,11,19H,2-8H2,1H3. The third kappa shape index (κ3) is 2.20. The Labute approximate surface area is 112 Å². The van der Waals surface area contributed by atoms with Crippen LogP contribution >= 0.6 is 0 Å². The highest BCUT2D eigenvalue weighted by atomic mass is 19.1. The van der Waals surface area contributed by atoms with Crippen molar-refractivity contribution in [3.63, 3.8) is 0 Å². The summed E-state index contributed by atoms with van der Waals surface area (Å²) in [6.45, 7) is 3.02. The molecule has 0 spiro atoms. The lowest BCUT2D eigenvalue weighted by molar-refractivity contribution is -0.0614. The van der Waals surface area contributed by atoms with E-state index in [1.165, 1.54) is 6.33 Å². The highest BCUT2D eigenvalue weighted by Gasteiger charge is 2.43. The maximum atomic E-state index is 14.1. The van der Waals surface area contributed by atoms with Crippen LogP contribution in [0.5, 0.6) is 0 Å². The Kier molecular flexibility index (Phi) is 3.17. The lowest BCUT2D eigenvalue weighted by atomic mass is 9.71. The minimum Gasteiger partial charge on any atom is -0.389 e. The average Bonchev–Trinajstić information content (AvgIpc) is 2.41. The zero-order chi connectivity index (χ0) is 13.5. The van der Waals surface area contributed by atoms with Gasteiger partial charge in [-0.05, 0) is 26.2 Å². The number of aromatic nitrogens is 2. The minimum atomic E-state index is -0.534. The van der Waals surface area contributed by atoms with Crippen molar-refractivity contribution in [1.82, 2.24) is 9.97 Å². The fraction of sp³-hybridized carbons (Fsp3) is 0.714. The fourth-order valence-corrected chi connectivity index (χ4v) is 3.43. The second kappa shape index (κ2) is 4.71. The molecule has 1 aliphatic heterocycles. The molecule has 1 N–H and O–H groups in total. The van der Waals surface area contributed by atoms with Crippen LogP contribution in [-0.2, 0) is 0 Å². The van der Waals surface area contributed by atoms with Crippen molar-refractivity contribution in [3.05, 3.63) is 17.8 Å². The fourth-order valence-electron chi connectivity index (χ4n) is 3.43. The Morgan fingerprint density at radius 2 is 2.21 bits per heavy atom. The summed E-state index contributed by atoms with van der Waals surface area (Å²) >= 11 is 0. The number of piperidine rings is 1. The van der Waals surface area contributed by atoms with Gasteiger partial charge in [0.15, 0.2) is 11.6 Å². The van der Waals surface area contributed by atoms with Crippen LogP contribution in [-0.4, -0.2) is 33.8 Å². The summed E-state index contributed by atoms with van der Waals surface area (Å²) in [5, 5.41) is 10.6. The molecule has 2 fully saturated rings. The summed E-state index contributed by atoms with van der Waals surface area (Å²) in [6, 6.07) is 0. The summed E-state index contributed by atoms with van der Waals surface area (Å²) in [4.78, 5) is 9.92. The second-order valence-corrected chi connectivity index (χ2v) is 5.84. The van der Waals surface area contributed by atoms with Crippen molar-refractivity contribution in [2.24, 2.45) is 5.92 Å². The lowest BCUT2D eigenvalue weighted by Crippen LogP contribution is -2.53. The SMILES string of the molecule is Cc1ncnc(N2CCC3(O)CCCCC3C2)c1F. The molecule has 1 saturated heterocycles. The van der Waals surface area contributed by atoms with E-state index >= 15 is 0 Å². The van der Waals surface area contributed by atoms with Crippen LogP contribution in [0.3, 0.4) is 0 Å². The highest BCUT2D eigenvalue weighted by molar-refractivity contribution is 5.41. The molecule has 2 heterocycles. The second-order valence-electron chi connectivity index (χ2n) is 5.84. The van der Waals surface area contributed by atoms with Crippen LogP contribution in [0.1, 0.15) is 37.8 Å². The van der Waals surface area contributed by atoms with Crippen LogP contribution in [0.4, 0.5) is 10.2 Å². The van der Waals surface area contributed by atoms with Crippen molar-refractivity contribution < 1.29 is 9.50 Å². The first-order chi connectivity index (χ1) is 9.10. The number of nitrogens with zero attached hydrogens (tertiary/aromatic N) is 3. The Morgan fingerprint density at radius 3 is 3.05 bits per heavy atom. The highest BCUT2D eigenvalue weighted by Crippen LogP contribution is 2.40. The topological polar surface area (TPSA) is 49.2 Å². The number of hydrogen-bond donors (Lipinski definition) is 1. The van der Waals surface area contributed by atoms with Crippen LogP contribution in [0.25, 0.3) is 0 Å². The molecule has 5 heteroatoms. The van der Waals surface area contributed by atoms with E-state index in [4.69, 9.17) is 0 Å². The van der Waals surface area contributed by atoms with Gasteiger partial charge < -0.3 is 10.0 Å². The molecule has 2 unspecified atom stereocenters. The lowest BCUT2D eigenvalue weighted by Gasteiger charge is -2.47. The number of hydrogen-bond acceptors (Lipinski definition) is 4. The van der Waals surface area contributed by atoms with Crippen molar-refractivity contribution in [2.45, 2.75) is 44.6 Å². The maximum Gasteiger partial charge on any atom is 0.186 e. The maximum absolute atomic E-state index is 14.1. The molecule has 0 bridgehead atoms. The van der Waals surface area contributed by atoms with E-state index in [0.717, 1.165) is 25.7 Å². The van der Waals surface area contributed by atoms with E-state index in [1.807, 2.05) is 4.90 Å². The van der Waals surface area contributed by atoms with Crippen LogP contribution in [0.2, 0.25) is 0 Å². The minimum absolute atomic E-state index is 0.240. The number of rotatable bonds is 1. The quantitative estimate of drug-likeness (QED) is 0.844. The first-order valence-electron chi connectivity index (χ1n) is 7.04. The van der Waals surface area contributed by atoms with E-state index in [0.29, 0.717) is 31.0 Å². The van der Waals surface area contributed by atoms with Gasteiger partial charge in [0.1, 0.15) is 6.33 Å². The van der Waals surface area contributed by atoms with E-state index in [2.05, 4.69) is 9.97 Å². The first kappa shape index (κ1) is 12.8. The molecule has 0 aromatic carbocycles. The van der Waals surface area contributed by atoms with E-state index in [-0.39, 0.29) is 11.7 Å². The van der Waals surface area contributed by atoms with E-state index in [1.54, 1.807) is 6.92 Å². The molecule has 0 radical (unpaired) electrons. The Bertz CT molecular complexity index is 482. The predicted molar refractivity (Wildman–Crippen MR) is 70.5 cm³/mol. The predicted octanol–water partition coefficient (Wildman–Crippen LogP) is 2.06. The van der Waals surface area contributed by atoms with Crippen molar-refractivity contribution >= 4 is 5.82 Å². The summed E-state index contributed by atoms with van der Waals surface area (Å²) < 4.78 is 14.1. The zero-order valence-electron chi connectivity index (χ0n) is 11.3. The molecule has 2 aliphatic rings. The molecular weight excluding hydrogens is 245 g/mol. The van der Waals surface area contributed by atoms with Crippen molar-refractivity contribution in [3.8, 4) is 0 Å². The molecular formula is C14H20FN3O. The van der Waals surface area contributed by atoms with Gasteiger partial charge in [0.25, 0.3) is 0 Å². The molecule has 1 aliphatic carbocycles. The largest absolute Gasteiger partial charge is 0.389 e. The van der Waals surface area contributed by atoms with Gasteiger partial charge in [0, 0.05) is 19.0 Å². The molecule has 1 aromatic rings. The molecule has 3 rings (SSSR count). The van der Waals surface area contributed by atoms with Gasteiger partial charge in [0.05, 0.1) is 11.3 Å². The number of halogens is 1. The number of aliphatic hydroxyl groups is 1. The molecule has 104 valence electrons.